The summed E-state index contributed by atoms with van der Waals surface area (Å²) in [4.78, 5) is 6.00. The Hall–Kier alpha value is -1.90. The van der Waals surface area contributed by atoms with Gasteiger partial charge in [-0.25, -0.2) is 4.99 Å². The van der Waals surface area contributed by atoms with Crippen LogP contribution >= 0.6 is 27.3 Å². The third-order valence-electron chi connectivity index (χ3n) is 5.23. The summed E-state index contributed by atoms with van der Waals surface area (Å²) in [5, 5.41) is 10.5. The van der Waals surface area contributed by atoms with Gasteiger partial charge >= 0.3 is 0 Å². The summed E-state index contributed by atoms with van der Waals surface area (Å²) in [6, 6.07) is 8.24. The number of ether oxygens (including phenoxy) is 1. The van der Waals surface area contributed by atoms with Gasteiger partial charge in [-0.15, -0.1) is 11.3 Å². The van der Waals surface area contributed by atoms with Crippen LogP contribution in [0, 0.1) is 22.7 Å². The van der Waals surface area contributed by atoms with Crippen molar-refractivity contribution in [1.29, 1.82) is 5.26 Å². The van der Waals surface area contributed by atoms with Gasteiger partial charge in [-0.05, 0) is 75.9 Å². The number of nitriles is 1. The molecule has 1 heterocycles. The number of benzene rings is 1. The van der Waals surface area contributed by atoms with E-state index in [0.717, 1.165) is 45.6 Å². The molecule has 1 aliphatic carbocycles. The van der Waals surface area contributed by atoms with E-state index < -0.39 is 0 Å². The summed E-state index contributed by atoms with van der Waals surface area (Å²) in [5.41, 5.74) is 3.23. The second-order valence-corrected chi connectivity index (χ2v) is 10.1. The van der Waals surface area contributed by atoms with Crippen LogP contribution in [0.2, 0.25) is 0 Å². The van der Waals surface area contributed by atoms with Gasteiger partial charge in [-0.3, -0.25) is 0 Å². The fraction of sp³-hybridized carbons (Fsp3) is 0.391. The summed E-state index contributed by atoms with van der Waals surface area (Å²) in [6.07, 6.45) is 6.71. The van der Waals surface area contributed by atoms with Gasteiger partial charge in [0.1, 0.15) is 23.4 Å². The molecule has 146 valence electrons. The summed E-state index contributed by atoms with van der Waals surface area (Å²) in [6.45, 7) is 11.0. The predicted molar refractivity (Wildman–Crippen MR) is 121 cm³/mol. The topological polar surface area (TPSA) is 45.4 Å². The first-order valence-corrected chi connectivity index (χ1v) is 11.1. The highest BCUT2D eigenvalue weighted by Gasteiger charge is 2.32. The third kappa shape index (κ3) is 4.56. The summed E-state index contributed by atoms with van der Waals surface area (Å²) < 4.78 is 6.45. The van der Waals surface area contributed by atoms with Crippen LogP contribution < -0.4 is 4.74 Å². The molecule has 5 heteroatoms. The van der Waals surface area contributed by atoms with Crippen LogP contribution in [-0.2, 0) is 12.8 Å². The Morgan fingerprint density at radius 2 is 2.21 bits per heavy atom. The first-order valence-electron chi connectivity index (χ1n) is 9.45. The second kappa shape index (κ2) is 8.63. The fourth-order valence-corrected chi connectivity index (χ4v) is 5.25. The van der Waals surface area contributed by atoms with Crippen molar-refractivity contribution in [2.45, 2.75) is 40.0 Å². The lowest BCUT2D eigenvalue weighted by Gasteiger charge is -2.33. The Kier molecular flexibility index (Phi) is 6.42. The molecule has 0 bridgehead atoms. The average Bonchev–Trinajstić information content (AvgIpc) is 3.01. The van der Waals surface area contributed by atoms with Gasteiger partial charge in [0, 0.05) is 11.1 Å². The molecule has 0 amide bonds. The number of rotatable bonds is 5. The van der Waals surface area contributed by atoms with E-state index in [2.05, 4.69) is 54.3 Å². The van der Waals surface area contributed by atoms with Gasteiger partial charge in [0.25, 0.3) is 0 Å². The van der Waals surface area contributed by atoms with Crippen LogP contribution in [-0.4, -0.2) is 12.8 Å². The van der Waals surface area contributed by atoms with Gasteiger partial charge in [0.05, 0.1) is 10.0 Å². The molecule has 1 atom stereocenters. The van der Waals surface area contributed by atoms with Crippen molar-refractivity contribution in [3.8, 4) is 11.8 Å². The zero-order valence-corrected chi connectivity index (χ0v) is 19.0. The van der Waals surface area contributed by atoms with E-state index in [-0.39, 0.29) is 0 Å². The molecule has 1 aliphatic rings. The van der Waals surface area contributed by atoms with Crippen LogP contribution in [0.1, 0.15) is 48.8 Å². The van der Waals surface area contributed by atoms with E-state index >= 15 is 0 Å². The van der Waals surface area contributed by atoms with Crippen LogP contribution in [0.4, 0.5) is 5.00 Å². The van der Waals surface area contributed by atoms with Crippen LogP contribution in [0.5, 0.6) is 5.75 Å². The average molecular weight is 457 g/mol. The van der Waals surface area contributed by atoms with Crippen molar-refractivity contribution in [2.75, 3.05) is 6.61 Å². The molecule has 3 nitrogen and oxygen atoms in total. The number of fused-ring (bicyclic) bond motifs is 1. The molecular weight excluding hydrogens is 432 g/mol. The van der Waals surface area contributed by atoms with Crippen molar-refractivity contribution in [2.24, 2.45) is 16.3 Å². The zero-order chi connectivity index (χ0) is 20.3. The highest BCUT2D eigenvalue weighted by molar-refractivity contribution is 9.10. The summed E-state index contributed by atoms with van der Waals surface area (Å²) >= 11 is 5.21. The summed E-state index contributed by atoms with van der Waals surface area (Å²) in [7, 11) is 0. The molecule has 28 heavy (non-hydrogen) atoms. The molecule has 0 unspecified atom stereocenters. The van der Waals surface area contributed by atoms with E-state index in [4.69, 9.17) is 4.74 Å². The van der Waals surface area contributed by atoms with Crippen molar-refractivity contribution >= 4 is 38.5 Å². The molecule has 0 saturated heterocycles. The Morgan fingerprint density at radius 3 is 2.86 bits per heavy atom. The maximum Gasteiger partial charge on any atom is 0.134 e. The van der Waals surface area contributed by atoms with Crippen molar-refractivity contribution in [1.82, 2.24) is 0 Å². The molecule has 0 spiro atoms. The zero-order valence-electron chi connectivity index (χ0n) is 16.6. The predicted octanol–water partition coefficient (Wildman–Crippen LogP) is 6.85. The number of hydrogen-bond donors (Lipinski definition) is 0. The molecule has 2 aromatic rings. The van der Waals surface area contributed by atoms with Crippen LogP contribution in [0.15, 0.2) is 40.3 Å². The number of halogens is 1. The molecule has 1 aromatic carbocycles. The van der Waals surface area contributed by atoms with E-state index in [0.29, 0.717) is 17.9 Å². The SMILES string of the molecule is C=CCOc1ccc(C=Nc2sc3c(c2C#N)CC[C@H](C(C)(C)C)C3)cc1Br. The highest BCUT2D eigenvalue weighted by atomic mass is 79.9. The van der Waals surface area contributed by atoms with Crippen molar-refractivity contribution < 1.29 is 4.74 Å². The number of nitrogens with zero attached hydrogens (tertiary/aromatic N) is 2. The lowest BCUT2D eigenvalue weighted by molar-refractivity contribution is 0.218. The minimum atomic E-state index is 0.291. The van der Waals surface area contributed by atoms with Gasteiger partial charge < -0.3 is 4.74 Å². The number of thiophene rings is 1. The molecule has 0 fully saturated rings. The Balaban J connectivity index is 1.83. The molecule has 0 N–H and O–H groups in total. The Labute approximate surface area is 179 Å². The number of aliphatic imine (C=N–C) groups is 1. The molecule has 1 aromatic heterocycles. The first kappa shape index (κ1) is 20.8. The van der Waals surface area contributed by atoms with Gasteiger partial charge in [-0.2, -0.15) is 5.26 Å². The van der Waals surface area contributed by atoms with E-state index in [1.54, 1.807) is 17.4 Å². The van der Waals surface area contributed by atoms with E-state index in [1.165, 1.54) is 10.4 Å². The lowest BCUT2D eigenvalue weighted by atomic mass is 9.72. The van der Waals surface area contributed by atoms with Crippen molar-refractivity contribution in [3.05, 3.63) is 56.9 Å². The number of hydrogen-bond acceptors (Lipinski definition) is 4. The Bertz CT molecular complexity index is 947. The standard InChI is InChI=1S/C23H25BrN2OS/c1-5-10-27-20-9-6-15(11-19(20)24)14-26-22-18(13-25)17-8-7-16(23(2,3)4)12-21(17)28-22/h5-6,9,11,14,16H,1,7-8,10,12H2,2-4H3/t16-/m0/s1. The minimum absolute atomic E-state index is 0.291. The molecule has 0 aliphatic heterocycles. The normalized spacial score (nSPS) is 16.6. The van der Waals surface area contributed by atoms with Gasteiger partial charge in [-0.1, -0.05) is 33.4 Å². The fourth-order valence-electron chi connectivity index (χ4n) is 3.51. The monoisotopic (exact) mass is 456 g/mol. The largest absolute Gasteiger partial charge is 0.488 e. The van der Waals surface area contributed by atoms with Crippen molar-refractivity contribution in [3.63, 3.8) is 0 Å². The second-order valence-electron chi connectivity index (χ2n) is 8.15. The quantitative estimate of drug-likeness (QED) is 0.364. The molecular formula is C23H25BrN2OS. The van der Waals surface area contributed by atoms with Crippen LogP contribution in [0.3, 0.4) is 0 Å². The maximum absolute atomic E-state index is 9.70. The third-order valence-corrected chi connectivity index (χ3v) is 7.01. The molecule has 0 saturated carbocycles. The van der Waals surface area contributed by atoms with Crippen LogP contribution in [0.25, 0.3) is 0 Å². The summed E-state index contributed by atoms with van der Waals surface area (Å²) in [5.74, 6) is 1.43. The highest BCUT2D eigenvalue weighted by Crippen LogP contribution is 2.44. The smallest absolute Gasteiger partial charge is 0.134 e. The minimum Gasteiger partial charge on any atom is -0.488 e. The van der Waals surface area contributed by atoms with Gasteiger partial charge in [0.2, 0.25) is 0 Å². The molecule has 3 rings (SSSR count). The maximum atomic E-state index is 9.70. The lowest BCUT2D eigenvalue weighted by Crippen LogP contribution is -2.26. The van der Waals surface area contributed by atoms with E-state index in [9.17, 15) is 5.26 Å². The Morgan fingerprint density at radius 1 is 1.43 bits per heavy atom. The van der Waals surface area contributed by atoms with E-state index in [1.807, 2.05) is 24.4 Å². The molecule has 0 radical (unpaired) electrons. The van der Waals surface area contributed by atoms with Gasteiger partial charge in [0.15, 0.2) is 0 Å². The first-order chi connectivity index (χ1) is 13.3.